The van der Waals surface area contributed by atoms with Gasteiger partial charge in [0, 0.05) is 0 Å². The van der Waals surface area contributed by atoms with Crippen LogP contribution in [0.2, 0.25) is 0 Å². The third-order valence-corrected chi connectivity index (χ3v) is 4.54. The molecule has 0 saturated carbocycles. The Morgan fingerprint density at radius 2 is 1.27 bits per heavy atom. The first-order chi connectivity index (χ1) is 14.6. The number of benzene rings is 3. The molecule has 0 aliphatic rings. The molecule has 3 aromatic rings. The molecule has 0 aromatic heterocycles. The number of hydrogen-bond donors (Lipinski definition) is 1. The SMILES string of the molecule is COc1cccc(OC)c1C(=O)OCC(=O)NC(c1ccccc1)c1ccccc1. The summed E-state index contributed by atoms with van der Waals surface area (Å²) >= 11 is 0. The fourth-order valence-corrected chi connectivity index (χ4v) is 3.11. The predicted molar refractivity (Wildman–Crippen MR) is 113 cm³/mol. The molecule has 3 aromatic carbocycles. The number of amides is 1. The van der Waals surface area contributed by atoms with Crippen molar-refractivity contribution in [1.29, 1.82) is 0 Å². The molecule has 0 spiro atoms. The number of hydrogen-bond acceptors (Lipinski definition) is 5. The number of ether oxygens (including phenoxy) is 3. The van der Waals surface area contributed by atoms with Gasteiger partial charge in [0.05, 0.1) is 20.3 Å². The van der Waals surface area contributed by atoms with Gasteiger partial charge < -0.3 is 19.5 Å². The summed E-state index contributed by atoms with van der Waals surface area (Å²) in [6, 6.07) is 23.8. The molecular weight excluding hydrogens is 382 g/mol. The van der Waals surface area contributed by atoms with Crippen LogP contribution in [-0.2, 0) is 9.53 Å². The van der Waals surface area contributed by atoms with Crippen LogP contribution in [0.4, 0.5) is 0 Å². The second kappa shape index (κ2) is 10.1. The van der Waals surface area contributed by atoms with E-state index in [-0.39, 0.29) is 11.6 Å². The van der Waals surface area contributed by atoms with Crippen molar-refractivity contribution < 1.29 is 23.8 Å². The van der Waals surface area contributed by atoms with Crippen LogP contribution in [0, 0.1) is 0 Å². The van der Waals surface area contributed by atoms with Crippen LogP contribution >= 0.6 is 0 Å². The van der Waals surface area contributed by atoms with E-state index in [4.69, 9.17) is 14.2 Å². The van der Waals surface area contributed by atoms with Crippen molar-refractivity contribution in [2.45, 2.75) is 6.04 Å². The molecule has 1 amide bonds. The van der Waals surface area contributed by atoms with E-state index in [0.717, 1.165) is 11.1 Å². The van der Waals surface area contributed by atoms with E-state index in [0.29, 0.717) is 11.5 Å². The maximum Gasteiger partial charge on any atom is 0.346 e. The van der Waals surface area contributed by atoms with E-state index in [9.17, 15) is 9.59 Å². The molecule has 6 nitrogen and oxygen atoms in total. The molecule has 0 heterocycles. The molecule has 0 saturated heterocycles. The largest absolute Gasteiger partial charge is 0.496 e. The highest BCUT2D eigenvalue weighted by molar-refractivity contribution is 5.96. The average Bonchev–Trinajstić information content (AvgIpc) is 2.81. The Morgan fingerprint density at radius 1 is 0.767 bits per heavy atom. The summed E-state index contributed by atoms with van der Waals surface area (Å²) in [7, 11) is 2.89. The van der Waals surface area contributed by atoms with E-state index >= 15 is 0 Å². The highest BCUT2D eigenvalue weighted by Crippen LogP contribution is 2.29. The molecule has 154 valence electrons. The predicted octanol–water partition coefficient (Wildman–Crippen LogP) is 3.77. The molecule has 0 aliphatic heterocycles. The minimum Gasteiger partial charge on any atom is -0.496 e. The third kappa shape index (κ3) is 4.97. The summed E-state index contributed by atoms with van der Waals surface area (Å²) < 4.78 is 15.7. The first-order valence-electron chi connectivity index (χ1n) is 9.41. The normalized spacial score (nSPS) is 10.4. The highest BCUT2D eigenvalue weighted by atomic mass is 16.5. The Hall–Kier alpha value is -3.80. The zero-order valence-electron chi connectivity index (χ0n) is 16.8. The first kappa shape index (κ1) is 20.9. The molecule has 0 aliphatic carbocycles. The van der Waals surface area contributed by atoms with Gasteiger partial charge in [0.15, 0.2) is 6.61 Å². The quantitative estimate of drug-likeness (QED) is 0.578. The molecule has 1 N–H and O–H groups in total. The van der Waals surface area contributed by atoms with Crippen molar-refractivity contribution in [2.75, 3.05) is 20.8 Å². The van der Waals surface area contributed by atoms with Gasteiger partial charge in [-0.25, -0.2) is 4.79 Å². The molecule has 0 atom stereocenters. The van der Waals surface area contributed by atoms with Gasteiger partial charge in [0.2, 0.25) is 0 Å². The summed E-state index contributed by atoms with van der Waals surface area (Å²) in [6.45, 7) is -0.434. The molecule has 0 unspecified atom stereocenters. The fourth-order valence-electron chi connectivity index (χ4n) is 3.11. The van der Waals surface area contributed by atoms with Gasteiger partial charge in [-0.2, -0.15) is 0 Å². The zero-order valence-corrected chi connectivity index (χ0v) is 16.8. The maximum atomic E-state index is 12.6. The second-order valence-corrected chi connectivity index (χ2v) is 6.44. The third-order valence-electron chi connectivity index (χ3n) is 4.54. The van der Waals surface area contributed by atoms with Gasteiger partial charge in [0.25, 0.3) is 5.91 Å². The molecule has 3 rings (SSSR count). The van der Waals surface area contributed by atoms with Gasteiger partial charge in [0.1, 0.15) is 17.1 Å². The molecule has 0 fully saturated rings. The highest BCUT2D eigenvalue weighted by Gasteiger charge is 2.22. The lowest BCUT2D eigenvalue weighted by atomic mass is 9.99. The van der Waals surface area contributed by atoms with Crippen LogP contribution < -0.4 is 14.8 Å². The lowest BCUT2D eigenvalue weighted by Gasteiger charge is -2.20. The van der Waals surface area contributed by atoms with Crippen LogP contribution in [-0.4, -0.2) is 32.7 Å². The van der Waals surface area contributed by atoms with Crippen LogP contribution in [0.1, 0.15) is 27.5 Å². The van der Waals surface area contributed by atoms with Crippen molar-refractivity contribution in [1.82, 2.24) is 5.32 Å². The number of methoxy groups -OCH3 is 2. The van der Waals surface area contributed by atoms with Gasteiger partial charge >= 0.3 is 5.97 Å². The van der Waals surface area contributed by atoms with Crippen molar-refractivity contribution in [3.8, 4) is 11.5 Å². The maximum absolute atomic E-state index is 12.6. The van der Waals surface area contributed by atoms with E-state index in [1.165, 1.54) is 14.2 Å². The van der Waals surface area contributed by atoms with Crippen LogP contribution in [0.3, 0.4) is 0 Å². The second-order valence-electron chi connectivity index (χ2n) is 6.44. The Morgan fingerprint density at radius 3 is 1.73 bits per heavy atom. The van der Waals surface area contributed by atoms with Crippen molar-refractivity contribution in [2.24, 2.45) is 0 Å². The zero-order chi connectivity index (χ0) is 21.3. The minimum atomic E-state index is -0.699. The lowest BCUT2D eigenvalue weighted by Crippen LogP contribution is -2.33. The Labute approximate surface area is 175 Å². The Balaban J connectivity index is 1.72. The Bertz CT molecular complexity index is 927. The average molecular weight is 405 g/mol. The number of esters is 1. The standard InChI is InChI=1S/C24H23NO5/c1-28-19-14-9-15-20(29-2)22(19)24(27)30-16-21(26)25-23(17-10-5-3-6-11-17)18-12-7-4-8-13-18/h3-15,23H,16H2,1-2H3,(H,25,26). The molecule has 6 heteroatoms. The van der Waals surface area contributed by atoms with Gasteiger partial charge in [-0.1, -0.05) is 66.7 Å². The number of carbonyl (C=O) groups excluding carboxylic acids is 2. The smallest absolute Gasteiger partial charge is 0.346 e. The number of nitrogens with one attached hydrogen (secondary N) is 1. The van der Waals surface area contributed by atoms with Gasteiger partial charge in [-0.3, -0.25) is 4.79 Å². The van der Waals surface area contributed by atoms with Crippen LogP contribution in [0.15, 0.2) is 78.9 Å². The van der Waals surface area contributed by atoms with Crippen molar-refractivity contribution in [3.63, 3.8) is 0 Å². The van der Waals surface area contributed by atoms with Crippen LogP contribution in [0.5, 0.6) is 11.5 Å². The number of rotatable bonds is 8. The Kier molecular flexibility index (Phi) is 7.05. The molecule has 0 bridgehead atoms. The van der Waals surface area contributed by atoms with Gasteiger partial charge in [-0.05, 0) is 23.3 Å². The van der Waals surface area contributed by atoms with Gasteiger partial charge in [-0.15, -0.1) is 0 Å². The van der Waals surface area contributed by atoms with E-state index < -0.39 is 18.5 Å². The molecule has 30 heavy (non-hydrogen) atoms. The summed E-state index contributed by atoms with van der Waals surface area (Å²) in [5, 5.41) is 2.93. The number of carbonyl (C=O) groups is 2. The topological polar surface area (TPSA) is 73.9 Å². The lowest BCUT2D eigenvalue weighted by molar-refractivity contribution is -0.124. The fraction of sp³-hybridized carbons (Fsp3) is 0.167. The molecule has 0 radical (unpaired) electrons. The molecular formula is C24H23NO5. The van der Waals surface area contributed by atoms with Crippen LogP contribution in [0.25, 0.3) is 0 Å². The first-order valence-corrected chi connectivity index (χ1v) is 9.41. The summed E-state index contributed by atoms with van der Waals surface area (Å²) in [5.74, 6) is -0.497. The van der Waals surface area contributed by atoms with Crippen molar-refractivity contribution in [3.05, 3.63) is 95.6 Å². The van der Waals surface area contributed by atoms with Crippen molar-refractivity contribution >= 4 is 11.9 Å². The van der Waals surface area contributed by atoms with E-state index in [1.807, 2.05) is 60.7 Å². The summed E-state index contributed by atoms with van der Waals surface area (Å²) in [4.78, 5) is 25.2. The summed E-state index contributed by atoms with van der Waals surface area (Å²) in [5.41, 5.74) is 1.99. The monoisotopic (exact) mass is 405 g/mol. The minimum absolute atomic E-state index is 0.137. The van der Waals surface area contributed by atoms with E-state index in [1.54, 1.807) is 18.2 Å². The summed E-state index contributed by atoms with van der Waals surface area (Å²) in [6.07, 6.45) is 0. The van der Waals surface area contributed by atoms with E-state index in [2.05, 4.69) is 5.32 Å².